The Morgan fingerprint density at radius 1 is 1.12 bits per heavy atom. The minimum absolute atomic E-state index is 0.202. The van der Waals surface area contributed by atoms with Crippen LogP contribution in [0, 0.1) is 12.8 Å². The molecule has 0 aliphatic rings. The summed E-state index contributed by atoms with van der Waals surface area (Å²) in [6.07, 6.45) is -0.301. The van der Waals surface area contributed by atoms with Crippen molar-refractivity contribution in [3.63, 3.8) is 0 Å². The highest BCUT2D eigenvalue weighted by Crippen LogP contribution is 2.31. The predicted molar refractivity (Wildman–Crippen MR) is 122 cm³/mol. The minimum atomic E-state index is -4.37. The molecule has 0 saturated heterocycles. The van der Waals surface area contributed by atoms with E-state index >= 15 is 0 Å². The van der Waals surface area contributed by atoms with E-state index in [1.807, 2.05) is 35.8 Å². The van der Waals surface area contributed by atoms with Crippen LogP contribution in [0.2, 0.25) is 0 Å². The Kier molecular flexibility index (Phi) is 7.95. The first-order valence-corrected chi connectivity index (χ1v) is 11.0. The average Bonchev–Trinajstić information content (AvgIpc) is 3.11. The fraction of sp³-hybridized carbons (Fsp3) is 0.385. The molecule has 0 aliphatic carbocycles. The lowest BCUT2D eigenvalue weighted by atomic mass is 10.00. The van der Waals surface area contributed by atoms with Crippen LogP contribution in [0.25, 0.3) is 11.4 Å². The largest absolute Gasteiger partial charge is 0.493 e. The number of carbonyl (C=O) groups is 1. The summed E-state index contributed by atoms with van der Waals surface area (Å²) in [5.74, 6) is 1.91. The number of rotatable bonds is 10. The molecule has 0 aliphatic heterocycles. The van der Waals surface area contributed by atoms with Crippen molar-refractivity contribution in [3.8, 4) is 17.1 Å². The quantitative estimate of drug-likeness (QED) is 0.318. The van der Waals surface area contributed by atoms with Crippen molar-refractivity contribution in [2.75, 3.05) is 6.61 Å². The van der Waals surface area contributed by atoms with Gasteiger partial charge < -0.3 is 14.1 Å². The molecule has 0 unspecified atom stereocenters. The molecule has 1 aromatic heterocycles. The Morgan fingerprint density at radius 3 is 2.48 bits per heavy atom. The Morgan fingerprint density at radius 2 is 1.82 bits per heavy atom. The molecule has 0 radical (unpaired) electrons. The molecule has 0 amide bonds. The van der Waals surface area contributed by atoms with Crippen molar-refractivity contribution >= 4 is 5.78 Å². The zero-order chi connectivity index (χ0) is 24.0. The first kappa shape index (κ1) is 24.6. The molecule has 0 saturated carbocycles. The number of hydrogen-bond donors (Lipinski definition) is 0. The third-order valence-corrected chi connectivity index (χ3v) is 5.56. The summed E-state index contributed by atoms with van der Waals surface area (Å²) in [4.78, 5) is 15.7. The van der Waals surface area contributed by atoms with Crippen LogP contribution >= 0.6 is 0 Å². The van der Waals surface area contributed by atoms with Crippen LogP contribution < -0.4 is 4.74 Å². The second-order valence-electron chi connectivity index (χ2n) is 8.49. The Bertz CT molecular complexity index is 1070. The van der Waals surface area contributed by atoms with Gasteiger partial charge in [-0.05, 0) is 50.8 Å². The zero-order valence-electron chi connectivity index (χ0n) is 19.2. The second-order valence-corrected chi connectivity index (χ2v) is 8.49. The SMILES string of the molecule is CC(=O)C[C@H](C)CCCOc1ccccc1Cn1c(C)cnc1-c1ccc(C(F)(F)F)cc1. The highest BCUT2D eigenvalue weighted by Gasteiger charge is 2.30. The van der Waals surface area contributed by atoms with Gasteiger partial charge in [-0.3, -0.25) is 0 Å². The maximum Gasteiger partial charge on any atom is 0.416 e. The number of imidazole rings is 1. The topological polar surface area (TPSA) is 44.1 Å². The van der Waals surface area contributed by atoms with Gasteiger partial charge >= 0.3 is 6.18 Å². The molecule has 2 aromatic carbocycles. The maximum absolute atomic E-state index is 12.9. The fourth-order valence-corrected chi connectivity index (χ4v) is 3.85. The van der Waals surface area contributed by atoms with Gasteiger partial charge in [0.25, 0.3) is 0 Å². The van der Waals surface area contributed by atoms with Crippen LogP contribution in [0.15, 0.2) is 54.7 Å². The first-order valence-electron chi connectivity index (χ1n) is 11.0. The Labute approximate surface area is 192 Å². The van der Waals surface area contributed by atoms with Crippen LogP contribution in [0.1, 0.15) is 49.9 Å². The van der Waals surface area contributed by atoms with E-state index in [2.05, 4.69) is 11.9 Å². The van der Waals surface area contributed by atoms with E-state index in [1.165, 1.54) is 12.1 Å². The smallest absolute Gasteiger partial charge is 0.416 e. The van der Waals surface area contributed by atoms with Crippen LogP contribution in [0.4, 0.5) is 13.2 Å². The standard InChI is InChI=1S/C26H29F3N2O2/c1-18(15-20(3)32)7-6-14-33-24-9-5-4-8-22(24)17-31-19(2)16-30-25(31)21-10-12-23(13-11-21)26(27,28)29/h4-5,8-13,16,18H,6-7,14-15,17H2,1-3H3/t18-/m1/s1. The van der Waals surface area contributed by atoms with Gasteiger partial charge in [-0.15, -0.1) is 0 Å². The van der Waals surface area contributed by atoms with Crippen LogP contribution in [-0.2, 0) is 17.5 Å². The van der Waals surface area contributed by atoms with Gasteiger partial charge in [-0.25, -0.2) is 4.98 Å². The van der Waals surface area contributed by atoms with Crippen LogP contribution in [0.3, 0.4) is 0 Å². The molecule has 33 heavy (non-hydrogen) atoms. The van der Waals surface area contributed by atoms with Gasteiger partial charge in [0.1, 0.15) is 17.4 Å². The van der Waals surface area contributed by atoms with E-state index in [9.17, 15) is 18.0 Å². The summed E-state index contributed by atoms with van der Waals surface area (Å²) >= 11 is 0. The van der Waals surface area contributed by atoms with E-state index in [0.29, 0.717) is 36.9 Å². The van der Waals surface area contributed by atoms with E-state index < -0.39 is 11.7 Å². The molecular weight excluding hydrogens is 429 g/mol. The van der Waals surface area contributed by atoms with Crippen molar-refractivity contribution < 1.29 is 22.7 Å². The second kappa shape index (κ2) is 10.7. The van der Waals surface area contributed by atoms with Crippen LogP contribution in [-0.4, -0.2) is 21.9 Å². The molecule has 3 aromatic rings. The van der Waals surface area contributed by atoms with Gasteiger partial charge in [-0.2, -0.15) is 13.2 Å². The number of aromatic nitrogens is 2. The minimum Gasteiger partial charge on any atom is -0.493 e. The highest BCUT2D eigenvalue weighted by molar-refractivity contribution is 5.75. The molecular formula is C26H29F3N2O2. The molecule has 1 atom stereocenters. The lowest BCUT2D eigenvalue weighted by Gasteiger charge is -2.16. The highest BCUT2D eigenvalue weighted by atomic mass is 19.4. The fourth-order valence-electron chi connectivity index (χ4n) is 3.85. The summed E-state index contributed by atoms with van der Waals surface area (Å²) in [5.41, 5.74) is 1.80. The van der Waals surface area contributed by atoms with Crippen molar-refractivity contribution in [2.45, 2.75) is 52.8 Å². The molecule has 1 heterocycles. The van der Waals surface area contributed by atoms with Crippen molar-refractivity contribution in [3.05, 3.63) is 71.5 Å². The Hall–Kier alpha value is -3.09. The number of ether oxygens (including phenoxy) is 1. The maximum atomic E-state index is 12.9. The number of ketones is 1. The number of aryl methyl sites for hydroxylation is 1. The monoisotopic (exact) mass is 458 g/mol. The summed E-state index contributed by atoms with van der Waals surface area (Å²) in [7, 11) is 0. The third kappa shape index (κ3) is 6.70. The number of halogens is 3. The van der Waals surface area contributed by atoms with Gasteiger partial charge in [0.2, 0.25) is 0 Å². The first-order chi connectivity index (χ1) is 15.6. The van der Waals surface area contributed by atoms with Crippen molar-refractivity contribution in [2.24, 2.45) is 5.92 Å². The lowest BCUT2D eigenvalue weighted by molar-refractivity contribution is -0.137. The number of Topliss-reactive ketones (excluding diaryl/α,β-unsaturated/α-hetero) is 1. The normalized spacial score (nSPS) is 12.5. The number of carbonyl (C=O) groups excluding carboxylic acids is 1. The summed E-state index contributed by atoms with van der Waals surface area (Å²) < 4.78 is 46.8. The van der Waals surface area contributed by atoms with E-state index in [4.69, 9.17) is 4.74 Å². The number of benzene rings is 2. The molecule has 0 spiro atoms. The van der Waals surface area contributed by atoms with Gasteiger partial charge in [0.15, 0.2) is 0 Å². The summed E-state index contributed by atoms with van der Waals surface area (Å²) in [5, 5.41) is 0. The number of hydrogen-bond acceptors (Lipinski definition) is 3. The Balaban J connectivity index is 1.72. The molecule has 176 valence electrons. The summed E-state index contributed by atoms with van der Waals surface area (Å²) in [6, 6.07) is 12.8. The van der Waals surface area contributed by atoms with Crippen molar-refractivity contribution in [1.82, 2.24) is 9.55 Å². The molecule has 3 rings (SSSR count). The number of para-hydroxylation sites is 1. The molecule has 4 nitrogen and oxygen atoms in total. The molecule has 0 bridgehead atoms. The molecule has 0 fully saturated rings. The lowest BCUT2D eigenvalue weighted by Crippen LogP contribution is -2.09. The zero-order valence-corrected chi connectivity index (χ0v) is 19.2. The van der Waals surface area contributed by atoms with Crippen molar-refractivity contribution in [1.29, 1.82) is 0 Å². The van der Waals surface area contributed by atoms with E-state index in [1.54, 1.807) is 13.1 Å². The third-order valence-electron chi connectivity index (χ3n) is 5.56. The summed E-state index contributed by atoms with van der Waals surface area (Å²) in [6.45, 7) is 6.63. The number of alkyl halides is 3. The number of nitrogens with zero attached hydrogens (tertiary/aromatic N) is 2. The average molecular weight is 459 g/mol. The van der Waals surface area contributed by atoms with Gasteiger partial charge in [-0.1, -0.05) is 37.3 Å². The molecule has 0 N–H and O–H groups in total. The van der Waals surface area contributed by atoms with E-state index in [-0.39, 0.29) is 5.78 Å². The van der Waals surface area contributed by atoms with Gasteiger partial charge in [0, 0.05) is 29.4 Å². The van der Waals surface area contributed by atoms with E-state index in [0.717, 1.165) is 42.0 Å². The van der Waals surface area contributed by atoms with Crippen LogP contribution in [0.5, 0.6) is 5.75 Å². The molecule has 7 heteroatoms. The predicted octanol–water partition coefficient (Wildman–Crippen LogP) is 6.70. The van der Waals surface area contributed by atoms with Gasteiger partial charge in [0.05, 0.1) is 18.7 Å².